The number of nitrogens with one attached hydrogen (secondary N) is 1. The topological polar surface area (TPSA) is 21.3 Å². The Balaban J connectivity index is 2.15. The number of ether oxygens (including phenoxy) is 1. The molecule has 0 amide bonds. The molecule has 0 spiro atoms. The van der Waals surface area contributed by atoms with E-state index in [-0.39, 0.29) is 6.04 Å². The minimum Gasteiger partial charge on any atom is -0.496 e. The number of rotatable bonds is 7. The zero-order chi connectivity index (χ0) is 15.1. The molecule has 2 rings (SSSR count). The van der Waals surface area contributed by atoms with Gasteiger partial charge in [-0.2, -0.15) is 0 Å². The second-order valence-electron chi connectivity index (χ2n) is 5.29. The molecule has 2 aromatic rings. The van der Waals surface area contributed by atoms with E-state index in [0.717, 1.165) is 24.3 Å². The molecule has 1 N–H and O–H groups in total. The summed E-state index contributed by atoms with van der Waals surface area (Å²) in [4.78, 5) is 0. The fourth-order valence-corrected chi connectivity index (χ4v) is 2.61. The minimum atomic E-state index is 0.262. The zero-order valence-electron chi connectivity index (χ0n) is 13.2. The zero-order valence-corrected chi connectivity index (χ0v) is 13.2. The second kappa shape index (κ2) is 7.72. The first kappa shape index (κ1) is 15.4. The first-order valence-corrected chi connectivity index (χ1v) is 7.76. The monoisotopic (exact) mass is 283 g/mol. The number of para-hydroxylation sites is 1. The van der Waals surface area contributed by atoms with Crippen molar-refractivity contribution in [2.75, 3.05) is 12.4 Å². The van der Waals surface area contributed by atoms with Crippen molar-refractivity contribution in [3.63, 3.8) is 0 Å². The van der Waals surface area contributed by atoms with Crippen molar-refractivity contribution in [1.29, 1.82) is 0 Å². The molecule has 0 aliphatic heterocycles. The Morgan fingerprint density at radius 3 is 2.33 bits per heavy atom. The van der Waals surface area contributed by atoms with Gasteiger partial charge in [-0.1, -0.05) is 50.6 Å². The van der Waals surface area contributed by atoms with Crippen molar-refractivity contribution in [2.45, 2.75) is 39.2 Å². The van der Waals surface area contributed by atoms with Crippen LogP contribution in [-0.2, 0) is 6.42 Å². The molecule has 21 heavy (non-hydrogen) atoms. The Bertz CT molecular complexity index is 548. The van der Waals surface area contributed by atoms with Gasteiger partial charge in [0.1, 0.15) is 5.75 Å². The van der Waals surface area contributed by atoms with E-state index in [0.29, 0.717) is 0 Å². The van der Waals surface area contributed by atoms with E-state index in [2.05, 4.69) is 55.6 Å². The summed E-state index contributed by atoms with van der Waals surface area (Å²) in [5.41, 5.74) is 3.76. The van der Waals surface area contributed by atoms with Crippen LogP contribution in [0.15, 0.2) is 48.5 Å². The van der Waals surface area contributed by atoms with Crippen LogP contribution in [0, 0.1) is 0 Å². The van der Waals surface area contributed by atoms with Crippen LogP contribution in [0.1, 0.15) is 43.9 Å². The van der Waals surface area contributed by atoms with Crippen LogP contribution in [-0.4, -0.2) is 7.11 Å². The van der Waals surface area contributed by atoms with Crippen molar-refractivity contribution in [1.82, 2.24) is 0 Å². The van der Waals surface area contributed by atoms with Crippen LogP contribution < -0.4 is 10.1 Å². The normalized spacial score (nSPS) is 12.0. The largest absolute Gasteiger partial charge is 0.496 e. The van der Waals surface area contributed by atoms with Gasteiger partial charge in [-0.05, 0) is 36.6 Å². The van der Waals surface area contributed by atoms with Crippen LogP contribution in [0.2, 0.25) is 0 Å². The first-order valence-electron chi connectivity index (χ1n) is 7.76. The quantitative estimate of drug-likeness (QED) is 0.753. The van der Waals surface area contributed by atoms with Gasteiger partial charge in [-0.15, -0.1) is 0 Å². The van der Waals surface area contributed by atoms with E-state index in [9.17, 15) is 0 Å². The Morgan fingerprint density at radius 2 is 1.71 bits per heavy atom. The van der Waals surface area contributed by atoms with Crippen LogP contribution in [0.4, 0.5) is 5.69 Å². The van der Waals surface area contributed by atoms with Crippen molar-refractivity contribution in [3.05, 3.63) is 59.7 Å². The number of aryl methyl sites for hydroxylation is 1. The fraction of sp³-hybridized carbons (Fsp3) is 0.368. The predicted octanol–water partition coefficient (Wildman–Crippen LogP) is 5.21. The SMILES string of the molecule is CCCc1ccc(NC(CC)c2ccccc2OC)cc1. The number of anilines is 1. The highest BCUT2D eigenvalue weighted by Crippen LogP contribution is 2.30. The molecular weight excluding hydrogens is 258 g/mol. The highest BCUT2D eigenvalue weighted by molar-refractivity contribution is 5.49. The molecule has 0 saturated carbocycles. The maximum absolute atomic E-state index is 5.48. The first-order chi connectivity index (χ1) is 10.3. The molecule has 0 saturated heterocycles. The lowest BCUT2D eigenvalue weighted by molar-refractivity contribution is 0.406. The van der Waals surface area contributed by atoms with Gasteiger partial charge < -0.3 is 10.1 Å². The highest BCUT2D eigenvalue weighted by atomic mass is 16.5. The summed E-state index contributed by atoms with van der Waals surface area (Å²) in [6.07, 6.45) is 3.34. The molecule has 0 aromatic heterocycles. The standard InChI is InChI=1S/C19H25NO/c1-4-8-15-11-13-16(14-12-15)20-18(5-2)17-9-6-7-10-19(17)21-3/h6-7,9-14,18,20H,4-5,8H2,1-3H3. The van der Waals surface area contributed by atoms with Crippen molar-refractivity contribution >= 4 is 5.69 Å². The lowest BCUT2D eigenvalue weighted by atomic mass is 10.0. The summed E-state index contributed by atoms with van der Waals surface area (Å²) >= 11 is 0. The van der Waals surface area contributed by atoms with Gasteiger partial charge in [-0.3, -0.25) is 0 Å². The van der Waals surface area contributed by atoms with Crippen molar-refractivity contribution in [2.24, 2.45) is 0 Å². The number of benzene rings is 2. The van der Waals surface area contributed by atoms with Gasteiger partial charge in [0.25, 0.3) is 0 Å². The van der Waals surface area contributed by atoms with Crippen molar-refractivity contribution < 1.29 is 4.74 Å². The molecule has 112 valence electrons. The smallest absolute Gasteiger partial charge is 0.124 e. The highest BCUT2D eigenvalue weighted by Gasteiger charge is 2.13. The molecular formula is C19H25NO. The van der Waals surface area contributed by atoms with E-state index in [1.165, 1.54) is 17.5 Å². The summed E-state index contributed by atoms with van der Waals surface area (Å²) in [5, 5.41) is 3.61. The number of hydrogen-bond donors (Lipinski definition) is 1. The van der Waals surface area contributed by atoms with E-state index in [4.69, 9.17) is 4.74 Å². The third-order valence-electron chi connectivity index (χ3n) is 3.76. The van der Waals surface area contributed by atoms with Crippen LogP contribution in [0.25, 0.3) is 0 Å². The lowest BCUT2D eigenvalue weighted by Gasteiger charge is -2.21. The Labute approximate surface area is 128 Å². The van der Waals surface area contributed by atoms with E-state index >= 15 is 0 Å². The Morgan fingerprint density at radius 1 is 1.00 bits per heavy atom. The van der Waals surface area contributed by atoms with Crippen molar-refractivity contribution in [3.8, 4) is 5.75 Å². The van der Waals surface area contributed by atoms with Gasteiger partial charge >= 0.3 is 0 Å². The number of hydrogen-bond acceptors (Lipinski definition) is 2. The molecule has 0 radical (unpaired) electrons. The Kier molecular flexibility index (Phi) is 5.68. The van der Waals surface area contributed by atoms with E-state index in [1.807, 2.05) is 12.1 Å². The summed E-state index contributed by atoms with van der Waals surface area (Å²) < 4.78 is 5.48. The average molecular weight is 283 g/mol. The van der Waals surface area contributed by atoms with Gasteiger partial charge in [-0.25, -0.2) is 0 Å². The van der Waals surface area contributed by atoms with E-state index < -0.39 is 0 Å². The summed E-state index contributed by atoms with van der Waals surface area (Å²) in [6.45, 7) is 4.40. The Hall–Kier alpha value is -1.96. The fourth-order valence-electron chi connectivity index (χ4n) is 2.61. The van der Waals surface area contributed by atoms with Crippen LogP contribution in [0.5, 0.6) is 5.75 Å². The average Bonchev–Trinajstić information content (AvgIpc) is 2.54. The molecule has 1 atom stereocenters. The second-order valence-corrected chi connectivity index (χ2v) is 5.29. The van der Waals surface area contributed by atoms with Gasteiger partial charge in [0.05, 0.1) is 13.2 Å². The van der Waals surface area contributed by atoms with Crippen LogP contribution in [0.3, 0.4) is 0 Å². The third-order valence-corrected chi connectivity index (χ3v) is 3.76. The molecule has 0 bridgehead atoms. The minimum absolute atomic E-state index is 0.262. The van der Waals surface area contributed by atoms with Gasteiger partial charge in [0, 0.05) is 11.3 Å². The summed E-state index contributed by atoms with van der Waals surface area (Å²) in [6, 6.07) is 17.2. The summed E-state index contributed by atoms with van der Waals surface area (Å²) in [5.74, 6) is 0.944. The predicted molar refractivity (Wildman–Crippen MR) is 90.1 cm³/mol. The molecule has 2 aromatic carbocycles. The number of methoxy groups -OCH3 is 1. The maximum Gasteiger partial charge on any atom is 0.124 e. The maximum atomic E-state index is 5.48. The molecule has 0 fully saturated rings. The molecule has 0 heterocycles. The molecule has 2 heteroatoms. The van der Waals surface area contributed by atoms with Crippen LogP contribution >= 0.6 is 0 Å². The van der Waals surface area contributed by atoms with Gasteiger partial charge in [0.2, 0.25) is 0 Å². The van der Waals surface area contributed by atoms with Gasteiger partial charge in [0.15, 0.2) is 0 Å². The van der Waals surface area contributed by atoms with E-state index in [1.54, 1.807) is 7.11 Å². The summed E-state index contributed by atoms with van der Waals surface area (Å²) in [7, 11) is 1.73. The molecule has 0 aliphatic rings. The molecule has 1 unspecified atom stereocenters. The molecule has 2 nitrogen and oxygen atoms in total. The third kappa shape index (κ3) is 4.01. The lowest BCUT2D eigenvalue weighted by Crippen LogP contribution is -2.11. The molecule has 0 aliphatic carbocycles.